The number of fused-ring (bicyclic) bond motifs is 1. The Balaban J connectivity index is 1.53. The van der Waals surface area contributed by atoms with Gasteiger partial charge in [-0.05, 0) is 43.4 Å². The lowest BCUT2D eigenvalue weighted by Crippen LogP contribution is -2.66. The van der Waals surface area contributed by atoms with E-state index in [4.69, 9.17) is 0 Å². The summed E-state index contributed by atoms with van der Waals surface area (Å²) in [6.07, 6.45) is 5.10. The van der Waals surface area contributed by atoms with Gasteiger partial charge in [-0.1, -0.05) is 19.1 Å². The molecule has 4 rings (SSSR count). The Hall–Kier alpha value is -1.89. The molecule has 0 aromatic heterocycles. The first-order valence-electron chi connectivity index (χ1n) is 8.83. The number of carbonyl (C=O) groups excluding carboxylic acids is 1. The molecule has 1 amide bonds. The number of hydrazine groups is 1. The summed E-state index contributed by atoms with van der Waals surface area (Å²) in [7, 11) is 0. The normalized spacial score (nSPS) is 27.2. The van der Waals surface area contributed by atoms with Crippen LogP contribution >= 0.6 is 0 Å². The van der Waals surface area contributed by atoms with Crippen LogP contribution < -0.4 is 21.1 Å². The van der Waals surface area contributed by atoms with Crippen molar-refractivity contribution < 1.29 is 4.79 Å². The molecule has 2 fully saturated rings. The van der Waals surface area contributed by atoms with Crippen LogP contribution in [0.2, 0.25) is 0 Å². The molecule has 0 aliphatic carbocycles. The number of aryl methyl sites for hydroxylation is 2. The van der Waals surface area contributed by atoms with E-state index in [1.165, 1.54) is 24.0 Å². The van der Waals surface area contributed by atoms with Gasteiger partial charge in [0.1, 0.15) is 12.5 Å². The standard InChI is InChI=1S/C18H25N5O/c1-3-13-6-7-15(12(2)10-13)23-11-14-16(21-23)19-18(20-17(14)24)22-8-4-5-9-22/h6-7,10-11,16,18-19,21H,3-5,8-9H2,1-2H3,(H,20,24). The highest BCUT2D eigenvalue weighted by atomic mass is 16.2. The number of hydrogen-bond donors (Lipinski definition) is 3. The number of carbonyl (C=O) groups is 1. The van der Waals surface area contributed by atoms with E-state index in [9.17, 15) is 4.79 Å². The monoisotopic (exact) mass is 327 g/mol. The molecule has 0 bridgehead atoms. The van der Waals surface area contributed by atoms with Gasteiger partial charge in [0.25, 0.3) is 5.91 Å². The fourth-order valence-corrected chi connectivity index (χ4v) is 3.73. The Bertz CT molecular complexity index is 680. The number of likely N-dealkylation sites (tertiary alicyclic amines) is 1. The molecule has 0 spiro atoms. The van der Waals surface area contributed by atoms with E-state index in [0.717, 1.165) is 30.8 Å². The van der Waals surface area contributed by atoms with Crippen molar-refractivity contribution in [3.63, 3.8) is 0 Å². The van der Waals surface area contributed by atoms with Crippen molar-refractivity contribution in [3.05, 3.63) is 41.1 Å². The van der Waals surface area contributed by atoms with Crippen molar-refractivity contribution in [2.45, 2.75) is 45.6 Å². The Morgan fingerprint density at radius 3 is 2.75 bits per heavy atom. The van der Waals surface area contributed by atoms with Crippen LogP contribution in [0, 0.1) is 6.92 Å². The first-order valence-corrected chi connectivity index (χ1v) is 8.83. The number of amides is 1. The predicted molar refractivity (Wildman–Crippen MR) is 93.9 cm³/mol. The Morgan fingerprint density at radius 2 is 2.04 bits per heavy atom. The molecule has 128 valence electrons. The summed E-state index contributed by atoms with van der Waals surface area (Å²) < 4.78 is 0. The Labute approximate surface area is 142 Å². The van der Waals surface area contributed by atoms with Crippen molar-refractivity contribution in [1.82, 2.24) is 21.0 Å². The van der Waals surface area contributed by atoms with Gasteiger partial charge in [0, 0.05) is 19.3 Å². The van der Waals surface area contributed by atoms with Crippen LogP contribution in [0.3, 0.4) is 0 Å². The third-order valence-electron chi connectivity index (χ3n) is 5.14. The molecule has 2 unspecified atom stereocenters. The fourth-order valence-electron chi connectivity index (χ4n) is 3.73. The summed E-state index contributed by atoms with van der Waals surface area (Å²) in [6.45, 7) is 6.33. The molecule has 3 aliphatic heterocycles. The second kappa shape index (κ2) is 6.20. The predicted octanol–water partition coefficient (Wildman–Crippen LogP) is 1.19. The molecular weight excluding hydrogens is 302 g/mol. The minimum absolute atomic E-state index is 0.00785. The topological polar surface area (TPSA) is 59.6 Å². The summed E-state index contributed by atoms with van der Waals surface area (Å²) in [6, 6.07) is 6.47. The lowest BCUT2D eigenvalue weighted by molar-refractivity contribution is -0.121. The molecule has 0 saturated carbocycles. The van der Waals surface area contributed by atoms with E-state index in [1.807, 2.05) is 11.2 Å². The van der Waals surface area contributed by atoms with Crippen molar-refractivity contribution in [2.24, 2.45) is 0 Å². The third-order valence-corrected chi connectivity index (χ3v) is 5.14. The zero-order valence-electron chi connectivity index (χ0n) is 14.3. The van der Waals surface area contributed by atoms with Gasteiger partial charge < -0.3 is 5.32 Å². The van der Waals surface area contributed by atoms with Crippen LogP contribution in [0.25, 0.3) is 0 Å². The number of hydrogen-bond acceptors (Lipinski definition) is 5. The van der Waals surface area contributed by atoms with Gasteiger partial charge in [-0.25, -0.2) is 5.43 Å². The summed E-state index contributed by atoms with van der Waals surface area (Å²) in [5.41, 5.74) is 7.77. The summed E-state index contributed by atoms with van der Waals surface area (Å²) in [4.78, 5) is 14.8. The zero-order chi connectivity index (χ0) is 16.7. The number of anilines is 1. The first kappa shape index (κ1) is 15.6. The van der Waals surface area contributed by atoms with E-state index in [0.29, 0.717) is 0 Å². The van der Waals surface area contributed by atoms with Crippen LogP contribution in [-0.2, 0) is 11.2 Å². The van der Waals surface area contributed by atoms with E-state index in [2.05, 4.69) is 53.0 Å². The Kier molecular flexibility index (Phi) is 4.04. The quantitative estimate of drug-likeness (QED) is 0.779. The van der Waals surface area contributed by atoms with Crippen LogP contribution in [0.5, 0.6) is 0 Å². The number of rotatable bonds is 3. The maximum atomic E-state index is 12.5. The molecule has 1 aromatic carbocycles. The summed E-state index contributed by atoms with van der Waals surface area (Å²) >= 11 is 0. The van der Waals surface area contributed by atoms with E-state index in [-0.39, 0.29) is 18.4 Å². The average molecular weight is 327 g/mol. The molecule has 3 heterocycles. The van der Waals surface area contributed by atoms with Crippen LogP contribution in [0.4, 0.5) is 5.69 Å². The van der Waals surface area contributed by atoms with Gasteiger partial charge in [0.15, 0.2) is 0 Å². The number of benzene rings is 1. The molecule has 0 radical (unpaired) electrons. The first-order chi connectivity index (χ1) is 11.7. The smallest absolute Gasteiger partial charge is 0.254 e. The second-order valence-electron chi connectivity index (χ2n) is 6.78. The molecule has 1 aromatic rings. The van der Waals surface area contributed by atoms with Gasteiger partial charge in [-0.2, -0.15) is 0 Å². The van der Waals surface area contributed by atoms with E-state index in [1.54, 1.807) is 0 Å². The molecular formula is C18H25N5O. The van der Waals surface area contributed by atoms with Crippen molar-refractivity contribution in [3.8, 4) is 0 Å². The Morgan fingerprint density at radius 1 is 1.25 bits per heavy atom. The van der Waals surface area contributed by atoms with E-state index >= 15 is 0 Å². The number of nitrogens with one attached hydrogen (secondary N) is 3. The highest BCUT2D eigenvalue weighted by Gasteiger charge is 2.38. The van der Waals surface area contributed by atoms with Gasteiger partial charge in [0.2, 0.25) is 0 Å². The molecule has 6 nitrogen and oxygen atoms in total. The maximum absolute atomic E-state index is 12.5. The van der Waals surface area contributed by atoms with Crippen LogP contribution in [-0.4, -0.2) is 36.4 Å². The third kappa shape index (κ3) is 2.70. The molecule has 2 atom stereocenters. The molecule has 3 N–H and O–H groups in total. The van der Waals surface area contributed by atoms with Gasteiger partial charge >= 0.3 is 0 Å². The van der Waals surface area contributed by atoms with E-state index < -0.39 is 0 Å². The summed E-state index contributed by atoms with van der Waals surface area (Å²) in [5, 5.41) is 8.54. The largest absolute Gasteiger partial charge is 0.324 e. The molecule has 2 saturated heterocycles. The van der Waals surface area contributed by atoms with Crippen LogP contribution in [0.15, 0.2) is 30.0 Å². The highest BCUT2D eigenvalue weighted by Crippen LogP contribution is 2.26. The lowest BCUT2D eigenvalue weighted by atomic mass is 10.1. The molecule has 6 heteroatoms. The van der Waals surface area contributed by atoms with Gasteiger partial charge in [-0.15, -0.1) is 0 Å². The fraction of sp³-hybridized carbons (Fsp3) is 0.500. The average Bonchev–Trinajstić information content (AvgIpc) is 3.24. The number of nitrogens with zero attached hydrogens (tertiary/aromatic N) is 2. The van der Waals surface area contributed by atoms with Crippen LogP contribution in [0.1, 0.15) is 30.9 Å². The van der Waals surface area contributed by atoms with Crippen molar-refractivity contribution in [1.29, 1.82) is 0 Å². The maximum Gasteiger partial charge on any atom is 0.254 e. The zero-order valence-corrected chi connectivity index (χ0v) is 14.3. The highest BCUT2D eigenvalue weighted by molar-refractivity contribution is 5.96. The molecule has 3 aliphatic rings. The minimum Gasteiger partial charge on any atom is -0.324 e. The lowest BCUT2D eigenvalue weighted by Gasteiger charge is -2.36. The van der Waals surface area contributed by atoms with Gasteiger partial charge in [-0.3, -0.25) is 20.0 Å². The molecule has 24 heavy (non-hydrogen) atoms. The van der Waals surface area contributed by atoms with Crippen molar-refractivity contribution in [2.75, 3.05) is 18.1 Å². The summed E-state index contributed by atoms with van der Waals surface area (Å²) in [5.74, 6) is 0.00785. The van der Waals surface area contributed by atoms with Crippen molar-refractivity contribution >= 4 is 11.6 Å². The van der Waals surface area contributed by atoms with Gasteiger partial charge in [0.05, 0.1) is 11.3 Å². The SMILES string of the molecule is CCc1ccc(N2C=C3C(=O)NC(N4CCCC4)NC3N2)c(C)c1. The second-order valence-corrected chi connectivity index (χ2v) is 6.78. The minimum atomic E-state index is -0.144.